The number of morpholine rings is 1. The Morgan fingerprint density at radius 2 is 2.08 bits per heavy atom. The number of aromatic nitrogens is 2. The van der Waals surface area contributed by atoms with Gasteiger partial charge in [0.1, 0.15) is 6.10 Å². The summed E-state index contributed by atoms with van der Waals surface area (Å²) in [6.45, 7) is 4.60. The molecular weight excluding hydrogens is 304 g/mol. The van der Waals surface area contributed by atoms with Crippen LogP contribution in [0.15, 0.2) is 36.7 Å². The van der Waals surface area contributed by atoms with E-state index in [0.717, 1.165) is 17.8 Å². The average molecular weight is 328 g/mol. The molecule has 1 saturated heterocycles. The van der Waals surface area contributed by atoms with Crippen molar-refractivity contribution in [2.24, 2.45) is 0 Å². The van der Waals surface area contributed by atoms with Crippen LogP contribution in [0.3, 0.4) is 0 Å². The molecule has 1 aliphatic heterocycles. The highest BCUT2D eigenvalue weighted by molar-refractivity contribution is 5.94. The molecule has 1 amide bonds. The Hall–Kier alpha value is -2.34. The normalized spacial score (nSPS) is 17.8. The van der Waals surface area contributed by atoms with Gasteiger partial charge in [0.05, 0.1) is 19.3 Å². The standard InChI is InChI=1S/C18H24N4O2/c1-4-22-12-15(11-19-22)17-13-21(9-10-24-17)18(23)14-5-7-16(8-6-14)20(2)3/h5-8,11-12,17H,4,9-10,13H2,1-3H3/t17-/m1/s1. The molecule has 2 aromatic rings. The Bertz CT molecular complexity index is 693. The maximum Gasteiger partial charge on any atom is 0.254 e. The molecule has 1 aromatic heterocycles. The summed E-state index contributed by atoms with van der Waals surface area (Å²) in [7, 11) is 3.97. The summed E-state index contributed by atoms with van der Waals surface area (Å²) in [4.78, 5) is 16.6. The molecule has 0 bridgehead atoms. The van der Waals surface area contributed by atoms with E-state index in [4.69, 9.17) is 4.74 Å². The molecule has 1 aliphatic rings. The van der Waals surface area contributed by atoms with Gasteiger partial charge in [-0.3, -0.25) is 9.48 Å². The number of hydrogen-bond donors (Lipinski definition) is 0. The molecule has 0 saturated carbocycles. The summed E-state index contributed by atoms with van der Waals surface area (Å²) in [5.41, 5.74) is 2.82. The van der Waals surface area contributed by atoms with Crippen molar-refractivity contribution < 1.29 is 9.53 Å². The van der Waals surface area contributed by atoms with Gasteiger partial charge in [-0.05, 0) is 31.2 Å². The number of nitrogens with zero attached hydrogens (tertiary/aromatic N) is 4. The third kappa shape index (κ3) is 3.43. The Labute approximate surface area is 142 Å². The van der Waals surface area contributed by atoms with Crippen LogP contribution in [-0.4, -0.2) is 54.4 Å². The summed E-state index contributed by atoms with van der Waals surface area (Å²) in [5, 5.41) is 4.29. The molecule has 6 nitrogen and oxygen atoms in total. The molecule has 0 unspecified atom stereocenters. The molecule has 1 fully saturated rings. The summed E-state index contributed by atoms with van der Waals surface area (Å²) < 4.78 is 7.71. The topological polar surface area (TPSA) is 50.6 Å². The van der Waals surface area contributed by atoms with Gasteiger partial charge in [-0.25, -0.2) is 0 Å². The number of aryl methyl sites for hydroxylation is 1. The molecule has 128 valence electrons. The van der Waals surface area contributed by atoms with Gasteiger partial charge in [0, 0.05) is 50.2 Å². The second-order valence-electron chi connectivity index (χ2n) is 6.18. The Kier molecular flexibility index (Phi) is 4.85. The number of carbonyl (C=O) groups is 1. The van der Waals surface area contributed by atoms with Crippen LogP contribution in [0.4, 0.5) is 5.69 Å². The highest BCUT2D eigenvalue weighted by Gasteiger charge is 2.27. The second kappa shape index (κ2) is 7.05. The summed E-state index contributed by atoms with van der Waals surface area (Å²) in [6.07, 6.45) is 3.71. The largest absolute Gasteiger partial charge is 0.378 e. The van der Waals surface area contributed by atoms with Crippen LogP contribution < -0.4 is 4.90 Å². The minimum Gasteiger partial charge on any atom is -0.378 e. The lowest BCUT2D eigenvalue weighted by Gasteiger charge is -2.32. The van der Waals surface area contributed by atoms with E-state index in [1.807, 2.05) is 72.2 Å². The first-order valence-electron chi connectivity index (χ1n) is 8.29. The van der Waals surface area contributed by atoms with Crippen LogP contribution in [0.25, 0.3) is 0 Å². The first kappa shape index (κ1) is 16.5. The minimum atomic E-state index is -0.107. The van der Waals surface area contributed by atoms with E-state index >= 15 is 0 Å². The van der Waals surface area contributed by atoms with Crippen molar-refractivity contribution >= 4 is 11.6 Å². The fourth-order valence-corrected chi connectivity index (χ4v) is 2.84. The van der Waals surface area contributed by atoms with Crippen molar-refractivity contribution in [3.05, 3.63) is 47.8 Å². The zero-order chi connectivity index (χ0) is 17.1. The molecule has 0 radical (unpaired) electrons. The fourth-order valence-electron chi connectivity index (χ4n) is 2.84. The molecule has 24 heavy (non-hydrogen) atoms. The Balaban J connectivity index is 1.70. The Morgan fingerprint density at radius 1 is 1.33 bits per heavy atom. The van der Waals surface area contributed by atoms with Crippen LogP contribution in [0.5, 0.6) is 0 Å². The molecule has 0 spiro atoms. The number of anilines is 1. The maximum absolute atomic E-state index is 12.8. The zero-order valence-corrected chi connectivity index (χ0v) is 14.5. The second-order valence-corrected chi connectivity index (χ2v) is 6.18. The number of amides is 1. The smallest absolute Gasteiger partial charge is 0.254 e. The van der Waals surface area contributed by atoms with Crippen LogP contribution in [0.1, 0.15) is 28.9 Å². The van der Waals surface area contributed by atoms with Gasteiger partial charge < -0.3 is 14.5 Å². The third-order valence-electron chi connectivity index (χ3n) is 4.33. The highest BCUT2D eigenvalue weighted by Crippen LogP contribution is 2.23. The zero-order valence-electron chi connectivity index (χ0n) is 14.5. The van der Waals surface area contributed by atoms with Crippen molar-refractivity contribution in [1.29, 1.82) is 0 Å². The van der Waals surface area contributed by atoms with E-state index in [2.05, 4.69) is 5.10 Å². The van der Waals surface area contributed by atoms with Gasteiger partial charge in [0.25, 0.3) is 5.91 Å². The van der Waals surface area contributed by atoms with Crippen molar-refractivity contribution in [3.63, 3.8) is 0 Å². The van der Waals surface area contributed by atoms with Gasteiger partial charge in [-0.2, -0.15) is 5.10 Å². The molecule has 6 heteroatoms. The quantitative estimate of drug-likeness (QED) is 0.863. The van der Waals surface area contributed by atoms with E-state index in [1.165, 1.54) is 0 Å². The van der Waals surface area contributed by atoms with Gasteiger partial charge in [-0.15, -0.1) is 0 Å². The first-order chi connectivity index (χ1) is 11.6. The van der Waals surface area contributed by atoms with E-state index in [0.29, 0.717) is 25.3 Å². The summed E-state index contributed by atoms with van der Waals surface area (Å²) in [6, 6.07) is 7.71. The summed E-state index contributed by atoms with van der Waals surface area (Å²) in [5.74, 6) is 0.0523. The third-order valence-corrected chi connectivity index (χ3v) is 4.33. The maximum atomic E-state index is 12.8. The number of rotatable bonds is 4. The van der Waals surface area contributed by atoms with Crippen LogP contribution in [0.2, 0.25) is 0 Å². The average Bonchev–Trinajstić information content (AvgIpc) is 3.10. The van der Waals surface area contributed by atoms with Gasteiger partial charge >= 0.3 is 0 Å². The molecule has 3 rings (SSSR count). The lowest BCUT2D eigenvalue weighted by Crippen LogP contribution is -2.42. The van der Waals surface area contributed by atoms with Crippen LogP contribution in [-0.2, 0) is 11.3 Å². The van der Waals surface area contributed by atoms with Crippen LogP contribution >= 0.6 is 0 Å². The van der Waals surface area contributed by atoms with E-state index in [9.17, 15) is 4.79 Å². The first-order valence-corrected chi connectivity index (χ1v) is 8.29. The molecule has 0 N–H and O–H groups in total. The molecule has 1 aromatic carbocycles. The van der Waals surface area contributed by atoms with Gasteiger partial charge in [0.2, 0.25) is 0 Å². The van der Waals surface area contributed by atoms with Gasteiger partial charge in [-0.1, -0.05) is 0 Å². The predicted molar refractivity (Wildman–Crippen MR) is 93.3 cm³/mol. The molecule has 1 atom stereocenters. The van der Waals surface area contributed by atoms with Crippen molar-refractivity contribution in [3.8, 4) is 0 Å². The monoisotopic (exact) mass is 328 g/mol. The fraction of sp³-hybridized carbons (Fsp3) is 0.444. The van der Waals surface area contributed by atoms with Crippen molar-refractivity contribution in [1.82, 2.24) is 14.7 Å². The number of hydrogen-bond acceptors (Lipinski definition) is 4. The summed E-state index contributed by atoms with van der Waals surface area (Å²) >= 11 is 0. The SMILES string of the molecule is CCn1cc([C@H]2CN(C(=O)c3ccc(N(C)C)cc3)CCO2)cn1. The Morgan fingerprint density at radius 3 is 2.71 bits per heavy atom. The molecule has 2 heterocycles. The highest BCUT2D eigenvalue weighted by atomic mass is 16.5. The van der Waals surface area contributed by atoms with Crippen LogP contribution in [0, 0.1) is 0 Å². The van der Waals surface area contributed by atoms with E-state index in [-0.39, 0.29) is 12.0 Å². The number of benzene rings is 1. The van der Waals surface area contributed by atoms with Crippen molar-refractivity contribution in [2.45, 2.75) is 19.6 Å². The van der Waals surface area contributed by atoms with E-state index < -0.39 is 0 Å². The number of ether oxygens (including phenoxy) is 1. The predicted octanol–water partition coefficient (Wildman–Crippen LogP) is 2.18. The lowest BCUT2D eigenvalue weighted by molar-refractivity contribution is -0.0228. The van der Waals surface area contributed by atoms with Gasteiger partial charge in [0.15, 0.2) is 0 Å². The van der Waals surface area contributed by atoms with Crippen molar-refractivity contribution in [2.75, 3.05) is 38.7 Å². The molecule has 0 aliphatic carbocycles. The number of carbonyl (C=O) groups excluding carboxylic acids is 1. The molecular formula is C18H24N4O2. The lowest BCUT2D eigenvalue weighted by atomic mass is 10.1. The van der Waals surface area contributed by atoms with E-state index in [1.54, 1.807) is 0 Å². The minimum absolute atomic E-state index is 0.0523.